The Hall–Kier alpha value is -1.62. The highest BCUT2D eigenvalue weighted by Crippen LogP contribution is 2.36. The van der Waals surface area contributed by atoms with Crippen LogP contribution in [-0.2, 0) is 0 Å². The smallest absolute Gasteiger partial charge is 0.339 e. The molecular weight excluding hydrogens is 242 g/mol. The maximum absolute atomic E-state index is 11.2. The summed E-state index contributed by atoms with van der Waals surface area (Å²) in [5.41, 5.74) is 1.87. The zero-order valence-electron chi connectivity index (χ0n) is 11.7. The second kappa shape index (κ2) is 5.17. The molecule has 1 aliphatic rings. The highest BCUT2D eigenvalue weighted by molar-refractivity contribution is 5.93. The van der Waals surface area contributed by atoms with Crippen LogP contribution in [0, 0.1) is 6.92 Å². The molecule has 5 heteroatoms. The van der Waals surface area contributed by atoms with Crippen LogP contribution >= 0.6 is 0 Å². The SMILES string of the molecule is Cc1cc(NCC2(N(C)C)CCC2)c(C(=O)O)cn1. The highest BCUT2D eigenvalue weighted by atomic mass is 16.4. The average molecular weight is 263 g/mol. The number of carbonyl (C=O) groups is 1. The number of likely N-dealkylation sites (N-methyl/N-ethyl adjacent to an activating group) is 1. The molecule has 1 aromatic heterocycles. The van der Waals surface area contributed by atoms with Gasteiger partial charge >= 0.3 is 5.97 Å². The zero-order chi connectivity index (χ0) is 14.0. The Labute approximate surface area is 113 Å². The number of aryl methyl sites for hydroxylation is 1. The van der Waals surface area contributed by atoms with E-state index >= 15 is 0 Å². The number of pyridine rings is 1. The second-order valence-corrected chi connectivity index (χ2v) is 5.50. The average Bonchev–Trinajstić information content (AvgIpc) is 2.26. The van der Waals surface area contributed by atoms with Crippen LogP contribution in [0.15, 0.2) is 12.3 Å². The molecule has 1 aliphatic carbocycles. The van der Waals surface area contributed by atoms with Crippen LogP contribution in [0.5, 0.6) is 0 Å². The van der Waals surface area contributed by atoms with Crippen LogP contribution in [0.25, 0.3) is 0 Å². The van der Waals surface area contributed by atoms with Crippen LogP contribution < -0.4 is 5.32 Å². The Morgan fingerprint density at radius 3 is 2.68 bits per heavy atom. The van der Waals surface area contributed by atoms with Crippen molar-refractivity contribution in [2.75, 3.05) is 26.0 Å². The molecule has 104 valence electrons. The van der Waals surface area contributed by atoms with Gasteiger partial charge in [0, 0.05) is 24.0 Å². The second-order valence-electron chi connectivity index (χ2n) is 5.50. The molecule has 0 atom stereocenters. The van der Waals surface area contributed by atoms with Gasteiger partial charge in [0.2, 0.25) is 0 Å². The topological polar surface area (TPSA) is 65.5 Å². The zero-order valence-corrected chi connectivity index (χ0v) is 11.7. The Bertz CT molecular complexity index is 482. The largest absolute Gasteiger partial charge is 0.478 e. The van der Waals surface area contributed by atoms with E-state index < -0.39 is 5.97 Å². The van der Waals surface area contributed by atoms with Crippen LogP contribution in [0.1, 0.15) is 35.3 Å². The number of aromatic nitrogens is 1. The number of hydrogen-bond donors (Lipinski definition) is 2. The summed E-state index contributed by atoms with van der Waals surface area (Å²) in [4.78, 5) is 17.5. The molecule has 2 rings (SSSR count). The third-order valence-electron chi connectivity index (χ3n) is 4.11. The van der Waals surface area contributed by atoms with Crippen LogP contribution in [-0.4, -0.2) is 47.1 Å². The van der Waals surface area contributed by atoms with Crippen LogP contribution in [0.3, 0.4) is 0 Å². The van der Waals surface area contributed by atoms with E-state index in [4.69, 9.17) is 0 Å². The van der Waals surface area contributed by atoms with Gasteiger partial charge in [-0.2, -0.15) is 0 Å². The Kier molecular flexibility index (Phi) is 3.75. The summed E-state index contributed by atoms with van der Waals surface area (Å²) in [6.45, 7) is 2.63. The van der Waals surface area contributed by atoms with E-state index in [1.54, 1.807) is 6.07 Å². The summed E-state index contributed by atoms with van der Waals surface area (Å²) >= 11 is 0. The van der Waals surface area contributed by atoms with Gasteiger partial charge in [0.05, 0.1) is 5.69 Å². The molecule has 19 heavy (non-hydrogen) atoms. The number of nitrogens with zero attached hydrogens (tertiary/aromatic N) is 2. The predicted octanol–water partition coefficient (Wildman–Crippen LogP) is 1.98. The van der Waals surface area contributed by atoms with Gasteiger partial charge < -0.3 is 15.3 Å². The normalized spacial score (nSPS) is 17.1. The maximum atomic E-state index is 11.2. The van der Waals surface area contributed by atoms with Crippen molar-refractivity contribution in [3.8, 4) is 0 Å². The molecule has 0 radical (unpaired) electrons. The minimum atomic E-state index is -0.942. The highest BCUT2D eigenvalue weighted by Gasteiger charge is 2.38. The number of hydrogen-bond acceptors (Lipinski definition) is 4. The number of rotatable bonds is 5. The third kappa shape index (κ3) is 2.71. The van der Waals surface area contributed by atoms with Crippen molar-refractivity contribution in [2.24, 2.45) is 0 Å². The summed E-state index contributed by atoms with van der Waals surface area (Å²) in [7, 11) is 4.16. The summed E-state index contributed by atoms with van der Waals surface area (Å²) in [5.74, 6) is -0.942. The fourth-order valence-corrected chi connectivity index (χ4v) is 2.50. The van der Waals surface area contributed by atoms with Gasteiger partial charge in [0.1, 0.15) is 5.56 Å². The van der Waals surface area contributed by atoms with Crippen molar-refractivity contribution < 1.29 is 9.90 Å². The van der Waals surface area contributed by atoms with Gasteiger partial charge in [-0.25, -0.2) is 4.79 Å². The molecule has 0 aromatic carbocycles. The first-order valence-corrected chi connectivity index (χ1v) is 6.56. The number of aromatic carboxylic acids is 1. The molecule has 0 aliphatic heterocycles. The Morgan fingerprint density at radius 1 is 1.53 bits per heavy atom. The molecule has 0 saturated heterocycles. The van der Waals surface area contributed by atoms with E-state index in [2.05, 4.69) is 29.3 Å². The minimum Gasteiger partial charge on any atom is -0.478 e. The molecule has 1 fully saturated rings. The lowest BCUT2D eigenvalue weighted by Gasteiger charge is -2.47. The lowest BCUT2D eigenvalue weighted by molar-refractivity contribution is 0.0693. The first kappa shape index (κ1) is 13.8. The third-order valence-corrected chi connectivity index (χ3v) is 4.11. The van der Waals surface area contributed by atoms with Crippen molar-refractivity contribution in [1.82, 2.24) is 9.88 Å². The quantitative estimate of drug-likeness (QED) is 0.850. The molecule has 1 aromatic rings. The van der Waals surface area contributed by atoms with Gasteiger partial charge in [-0.15, -0.1) is 0 Å². The van der Waals surface area contributed by atoms with Crippen molar-refractivity contribution in [1.29, 1.82) is 0 Å². The molecule has 0 bridgehead atoms. The molecule has 0 spiro atoms. The van der Waals surface area contributed by atoms with Crippen molar-refractivity contribution in [3.05, 3.63) is 23.5 Å². The van der Waals surface area contributed by atoms with Gasteiger partial charge in [-0.3, -0.25) is 4.98 Å². The monoisotopic (exact) mass is 263 g/mol. The molecule has 0 unspecified atom stereocenters. The summed E-state index contributed by atoms with van der Waals surface area (Å²) in [6.07, 6.45) is 4.96. The maximum Gasteiger partial charge on any atom is 0.339 e. The Balaban J connectivity index is 2.15. The number of nitrogens with one attached hydrogen (secondary N) is 1. The van der Waals surface area contributed by atoms with Crippen molar-refractivity contribution in [2.45, 2.75) is 31.7 Å². The molecule has 1 saturated carbocycles. The van der Waals surface area contributed by atoms with E-state index in [0.29, 0.717) is 5.69 Å². The fourth-order valence-electron chi connectivity index (χ4n) is 2.50. The summed E-state index contributed by atoms with van der Waals surface area (Å²) < 4.78 is 0. The first-order valence-electron chi connectivity index (χ1n) is 6.56. The fraction of sp³-hybridized carbons (Fsp3) is 0.571. The molecule has 2 N–H and O–H groups in total. The first-order chi connectivity index (χ1) is 8.94. The van der Waals surface area contributed by atoms with E-state index in [-0.39, 0.29) is 11.1 Å². The molecule has 0 amide bonds. The number of carboxylic acids is 1. The lowest BCUT2D eigenvalue weighted by atomic mass is 9.75. The molecule has 1 heterocycles. The van der Waals surface area contributed by atoms with E-state index in [1.165, 1.54) is 12.6 Å². The van der Waals surface area contributed by atoms with E-state index in [9.17, 15) is 9.90 Å². The van der Waals surface area contributed by atoms with Gasteiger partial charge in [0.25, 0.3) is 0 Å². The molecular formula is C14H21N3O2. The molecule has 5 nitrogen and oxygen atoms in total. The Morgan fingerprint density at radius 2 is 2.21 bits per heavy atom. The summed E-state index contributed by atoms with van der Waals surface area (Å²) in [5, 5.41) is 12.5. The predicted molar refractivity (Wildman–Crippen MR) is 74.7 cm³/mol. The van der Waals surface area contributed by atoms with Crippen molar-refractivity contribution >= 4 is 11.7 Å². The number of carboxylic acid groups (broad SMARTS) is 1. The minimum absolute atomic E-state index is 0.160. The van der Waals surface area contributed by atoms with Crippen LogP contribution in [0.4, 0.5) is 5.69 Å². The lowest BCUT2D eigenvalue weighted by Crippen LogP contribution is -2.54. The standard InChI is InChI=1S/C14H21N3O2/c1-10-7-12(11(8-15-10)13(18)19)16-9-14(17(2)3)5-4-6-14/h7-8H,4-6,9H2,1-3H3,(H,15,16)(H,18,19). The van der Waals surface area contributed by atoms with Crippen LogP contribution in [0.2, 0.25) is 0 Å². The van der Waals surface area contributed by atoms with E-state index in [1.807, 2.05) is 6.92 Å². The number of anilines is 1. The summed E-state index contributed by atoms with van der Waals surface area (Å²) in [6, 6.07) is 1.80. The van der Waals surface area contributed by atoms with Gasteiger partial charge in [-0.1, -0.05) is 0 Å². The van der Waals surface area contributed by atoms with Gasteiger partial charge in [-0.05, 0) is 46.3 Å². The van der Waals surface area contributed by atoms with Gasteiger partial charge in [0.15, 0.2) is 0 Å². The van der Waals surface area contributed by atoms with Crippen molar-refractivity contribution in [3.63, 3.8) is 0 Å². The van der Waals surface area contributed by atoms with E-state index in [0.717, 1.165) is 25.1 Å².